The maximum Gasteiger partial charge on any atom is 0.272 e. The fourth-order valence-corrected chi connectivity index (χ4v) is 2.54. The molecule has 6 nitrogen and oxygen atoms in total. The molecule has 1 aromatic carbocycles. The number of aromatic nitrogens is 1. The Morgan fingerprint density at radius 3 is 2.79 bits per heavy atom. The van der Waals surface area contributed by atoms with Crippen molar-refractivity contribution in [1.29, 1.82) is 0 Å². The van der Waals surface area contributed by atoms with Crippen molar-refractivity contribution in [2.24, 2.45) is 0 Å². The van der Waals surface area contributed by atoms with E-state index in [-0.39, 0.29) is 36.1 Å². The quantitative estimate of drug-likeness (QED) is 0.935. The van der Waals surface area contributed by atoms with Crippen molar-refractivity contribution in [3.8, 4) is 5.75 Å². The van der Waals surface area contributed by atoms with Crippen LogP contribution in [0.5, 0.6) is 5.75 Å². The minimum atomic E-state index is -0.318. The molecular weight excluding hydrogens is 308 g/mol. The molecule has 2 heterocycles. The van der Waals surface area contributed by atoms with E-state index in [0.29, 0.717) is 13.2 Å². The molecule has 3 rings (SSSR count). The second-order valence-corrected chi connectivity index (χ2v) is 5.60. The largest absolute Gasteiger partial charge is 0.483 e. The van der Waals surface area contributed by atoms with Crippen molar-refractivity contribution in [3.05, 3.63) is 64.1 Å². The number of nitrogens with one attached hydrogen (secondary N) is 1. The molecule has 0 saturated carbocycles. The fraction of sp³-hybridized carbons (Fsp3) is 0.333. The van der Waals surface area contributed by atoms with Gasteiger partial charge < -0.3 is 19.4 Å². The highest BCUT2D eigenvalue weighted by atomic mass is 16.5. The summed E-state index contributed by atoms with van der Waals surface area (Å²) in [6.07, 6.45) is 3.28. The summed E-state index contributed by atoms with van der Waals surface area (Å²) >= 11 is 0. The Morgan fingerprint density at radius 1 is 1.12 bits per heavy atom. The lowest BCUT2D eigenvalue weighted by atomic mass is 10.2. The van der Waals surface area contributed by atoms with Gasteiger partial charge in [0.05, 0.1) is 0 Å². The van der Waals surface area contributed by atoms with E-state index in [9.17, 15) is 9.59 Å². The summed E-state index contributed by atoms with van der Waals surface area (Å²) in [5, 5.41) is 2.84. The van der Waals surface area contributed by atoms with Gasteiger partial charge >= 0.3 is 0 Å². The average molecular weight is 328 g/mol. The third-order valence-electron chi connectivity index (χ3n) is 3.80. The Bertz CT molecular complexity index is 755. The minimum Gasteiger partial charge on any atom is -0.483 e. The first-order valence-corrected chi connectivity index (χ1v) is 8.02. The van der Waals surface area contributed by atoms with Crippen molar-refractivity contribution in [2.45, 2.75) is 26.2 Å². The first-order valence-electron chi connectivity index (χ1n) is 8.02. The molecule has 1 aliphatic rings. The number of hydrogen-bond donors (Lipinski definition) is 1. The highest BCUT2D eigenvalue weighted by molar-refractivity contribution is 5.95. The standard InChI is InChI=1S/C18H20N2O4/c21-15-8-10-20-13-23-11-5-4-9-19-18(22)16(20)17(15)24-12-14-6-2-1-3-7-14/h1-3,6-8,10H,4-5,9,11-13H2,(H,19,22). The number of ether oxygens (including phenoxy) is 2. The van der Waals surface area contributed by atoms with Crippen LogP contribution in [0.4, 0.5) is 0 Å². The molecule has 1 amide bonds. The van der Waals surface area contributed by atoms with Gasteiger partial charge in [0.15, 0.2) is 11.4 Å². The van der Waals surface area contributed by atoms with E-state index in [1.54, 1.807) is 10.8 Å². The van der Waals surface area contributed by atoms with Crippen LogP contribution in [0, 0.1) is 0 Å². The van der Waals surface area contributed by atoms with E-state index in [1.807, 2.05) is 30.3 Å². The van der Waals surface area contributed by atoms with Crippen molar-refractivity contribution < 1.29 is 14.3 Å². The van der Waals surface area contributed by atoms with Crippen LogP contribution in [0.25, 0.3) is 0 Å². The summed E-state index contributed by atoms with van der Waals surface area (Å²) in [5.74, 6) is -0.260. The van der Waals surface area contributed by atoms with Crippen LogP contribution in [0.3, 0.4) is 0 Å². The summed E-state index contributed by atoms with van der Waals surface area (Å²) in [6.45, 7) is 1.59. The van der Waals surface area contributed by atoms with Crippen molar-refractivity contribution in [2.75, 3.05) is 13.2 Å². The maximum absolute atomic E-state index is 12.5. The topological polar surface area (TPSA) is 69.6 Å². The molecule has 24 heavy (non-hydrogen) atoms. The van der Waals surface area contributed by atoms with Gasteiger partial charge in [0.1, 0.15) is 13.3 Å². The zero-order valence-electron chi connectivity index (χ0n) is 13.4. The van der Waals surface area contributed by atoms with Crippen LogP contribution in [0.1, 0.15) is 28.9 Å². The molecule has 0 saturated heterocycles. The van der Waals surface area contributed by atoms with Crippen LogP contribution in [-0.2, 0) is 18.1 Å². The molecule has 126 valence electrons. The van der Waals surface area contributed by atoms with Crippen molar-refractivity contribution in [1.82, 2.24) is 9.88 Å². The number of pyridine rings is 1. The molecule has 0 aliphatic carbocycles. The van der Waals surface area contributed by atoms with Gasteiger partial charge in [-0.3, -0.25) is 9.59 Å². The van der Waals surface area contributed by atoms with Crippen LogP contribution in [0.15, 0.2) is 47.4 Å². The lowest BCUT2D eigenvalue weighted by Gasteiger charge is -2.19. The normalized spacial score (nSPS) is 15.2. The number of nitrogens with zero attached hydrogens (tertiary/aromatic N) is 1. The summed E-state index contributed by atoms with van der Waals surface area (Å²) in [5.41, 5.74) is 0.820. The summed E-state index contributed by atoms with van der Waals surface area (Å²) < 4.78 is 12.9. The molecule has 0 bridgehead atoms. The molecule has 0 fully saturated rings. The van der Waals surface area contributed by atoms with E-state index in [1.165, 1.54) is 6.07 Å². The monoisotopic (exact) mass is 328 g/mol. The predicted molar refractivity (Wildman–Crippen MR) is 89.0 cm³/mol. The Hall–Kier alpha value is -2.60. The molecule has 2 aromatic rings. The third kappa shape index (κ3) is 3.83. The van der Waals surface area contributed by atoms with E-state index in [0.717, 1.165) is 18.4 Å². The van der Waals surface area contributed by atoms with Gasteiger partial charge in [-0.2, -0.15) is 0 Å². The number of hydrogen-bond acceptors (Lipinski definition) is 4. The van der Waals surface area contributed by atoms with E-state index >= 15 is 0 Å². The van der Waals surface area contributed by atoms with E-state index in [4.69, 9.17) is 9.47 Å². The number of fused-ring (bicyclic) bond motifs is 1. The molecule has 0 unspecified atom stereocenters. The lowest BCUT2D eigenvalue weighted by molar-refractivity contribution is 0.0648. The zero-order valence-corrected chi connectivity index (χ0v) is 13.4. The van der Waals surface area contributed by atoms with Crippen LogP contribution in [0.2, 0.25) is 0 Å². The number of carbonyl (C=O) groups is 1. The molecule has 0 radical (unpaired) electrons. The van der Waals surface area contributed by atoms with Crippen molar-refractivity contribution in [3.63, 3.8) is 0 Å². The highest BCUT2D eigenvalue weighted by Crippen LogP contribution is 2.16. The second kappa shape index (κ2) is 7.79. The molecule has 0 spiro atoms. The zero-order chi connectivity index (χ0) is 16.8. The molecule has 1 N–H and O–H groups in total. The first-order chi connectivity index (χ1) is 11.8. The van der Waals surface area contributed by atoms with E-state index in [2.05, 4.69) is 5.32 Å². The van der Waals surface area contributed by atoms with Gasteiger partial charge in [0, 0.05) is 25.4 Å². The van der Waals surface area contributed by atoms with Gasteiger partial charge in [-0.1, -0.05) is 30.3 Å². The number of amides is 1. The summed E-state index contributed by atoms with van der Waals surface area (Å²) in [6, 6.07) is 10.9. The smallest absolute Gasteiger partial charge is 0.272 e. The molecule has 0 atom stereocenters. The SMILES string of the molecule is O=C1NCCCCOCn2ccc(=O)c(OCc3ccccc3)c21. The summed E-state index contributed by atoms with van der Waals surface area (Å²) in [7, 11) is 0. The Kier molecular flexibility index (Phi) is 5.28. The maximum atomic E-state index is 12.5. The van der Waals surface area contributed by atoms with Gasteiger partial charge in [0.25, 0.3) is 5.91 Å². The first kappa shape index (κ1) is 16.3. The number of carbonyl (C=O) groups excluding carboxylic acids is 1. The molecule has 1 aliphatic heterocycles. The van der Waals surface area contributed by atoms with Crippen LogP contribution >= 0.6 is 0 Å². The predicted octanol–water partition coefficient (Wildman–Crippen LogP) is 1.92. The van der Waals surface area contributed by atoms with E-state index < -0.39 is 0 Å². The Morgan fingerprint density at radius 2 is 1.96 bits per heavy atom. The lowest BCUT2D eigenvalue weighted by Crippen LogP contribution is -2.32. The van der Waals surface area contributed by atoms with Crippen LogP contribution < -0.4 is 15.5 Å². The third-order valence-corrected chi connectivity index (χ3v) is 3.80. The van der Waals surface area contributed by atoms with Gasteiger partial charge in [-0.15, -0.1) is 0 Å². The molecule has 1 aromatic heterocycles. The summed E-state index contributed by atoms with van der Waals surface area (Å²) in [4.78, 5) is 24.8. The van der Waals surface area contributed by atoms with Gasteiger partial charge in [0.2, 0.25) is 5.43 Å². The Balaban J connectivity index is 1.92. The van der Waals surface area contributed by atoms with Gasteiger partial charge in [-0.25, -0.2) is 0 Å². The number of benzene rings is 1. The van der Waals surface area contributed by atoms with Gasteiger partial charge in [-0.05, 0) is 18.4 Å². The minimum absolute atomic E-state index is 0.0584. The van der Waals surface area contributed by atoms with Crippen molar-refractivity contribution >= 4 is 5.91 Å². The van der Waals surface area contributed by atoms with Crippen LogP contribution in [-0.4, -0.2) is 23.6 Å². The number of rotatable bonds is 3. The fourth-order valence-electron chi connectivity index (χ4n) is 2.54. The second-order valence-electron chi connectivity index (χ2n) is 5.60. The molecular formula is C18H20N2O4. The Labute approximate surface area is 140 Å². The molecule has 6 heteroatoms. The average Bonchev–Trinajstić information content (AvgIpc) is 2.61. The highest BCUT2D eigenvalue weighted by Gasteiger charge is 2.20.